The standard InChI is InChI=1S/C13H14F2O3/c1-7-5-8(6-9(10(7)16)11(14)15)13(12(17)18)3-2-4-13/h5-6,11,16H,2-4H2,1H3,(H,17,18). The molecule has 1 aromatic carbocycles. The van der Waals surface area contributed by atoms with Crippen LogP contribution in [0.5, 0.6) is 5.75 Å². The number of phenols is 1. The number of carbonyl (C=O) groups is 1. The summed E-state index contributed by atoms with van der Waals surface area (Å²) in [5.41, 5.74) is -0.887. The average Bonchev–Trinajstić information content (AvgIpc) is 2.20. The lowest BCUT2D eigenvalue weighted by molar-refractivity contribution is -0.147. The first-order chi connectivity index (χ1) is 8.38. The molecule has 98 valence electrons. The molecule has 0 spiro atoms. The number of aromatic hydroxyl groups is 1. The molecule has 0 unspecified atom stereocenters. The van der Waals surface area contributed by atoms with Crippen molar-refractivity contribution in [3.05, 3.63) is 28.8 Å². The Morgan fingerprint density at radius 2 is 2.00 bits per heavy atom. The summed E-state index contributed by atoms with van der Waals surface area (Å²) < 4.78 is 25.6. The maximum Gasteiger partial charge on any atom is 0.314 e. The third kappa shape index (κ3) is 1.74. The molecular formula is C13H14F2O3. The molecule has 1 fully saturated rings. The van der Waals surface area contributed by atoms with E-state index in [4.69, 9.17) is 0 Å². The number of rotatable bonds is 3. The van der Waals surface area contributed by atoms with E-state index in [9.17, 15) is 23.8 Å². The number of aliphatic carboxylic acids is 1. The number of alkyl halides is 2. The largest absolute Gasteiger partial charge is 0.507 e. The molecular weight excluding hydrogens is 242 g/mol. The van der Waals surface area contributed by atoms with Crippen LogP contribution < -0.4 is 0 Å². The van der Waals surface area contributed by atoms with Crippen LogP contribution in [0.4, 0.5) is 8.78 Å². The van der Waals surface area contributed by atoms with E-state index in [0.717, 1.165) is 12.5 Å². The number of carboxylic acid groups (broad SMARTS) is 1. The quantitative estimate of drug-likeness (QED) is 0.873. The number of halogens is 2. The van der Waals surface area contributed by atoms with Crippen LogP contribution in [0, 0.1) is 6.92 Å². The van der Waals surface area contributed by atoms with Crippen LogP contribution in [-0.4, -0.2) is 16.2 Å². The number of carboxylic acids is 1. The highest BCUT2D eigenvalue weighted by molar-refractivity contribution is 5.83. The Morgan fingerprint density at radius 3 is 2.39 bits per heavy atom. The van der Waals surface area contributed by atoms with Gasteiger partial charge in [0.25, 0.3) is 6.43 Å². The second kappa shape index (κ2) is 4.23. The van der Waals surface area contributed by atoms with Crippen LogP contribution in [0.25, 0.3) is 0 Å². The van der Waals surface area contributed by atoms with Gasteiger partial charge in [-0.3, -0.25) is 4.79 Å². The summed E-state index contributed by atoms with van der Waals surface area (Å²) in [6.07, 6.45) is -1.13. The highest BCUT2D eigenvalue weighted by Crippen LogP contribution is 2.46. The molecule has 18 heavy (non-hydrogen) atoms. The van der Waals surface area contributed by atoms with E-state index in [2.05, 4.69) is 0 Å². The fourth-order valence-electron chi connectivity index (χ4n) is 2.41. The Kier molecular flexibility index (Phi) is 3.00. The van der Waals surface area contributed by atoms with Gasteiger partial charge in [0, 0.05) is 0 Å². The first-order valence-electron chi connectivity index (χ1n) is 5.74. The van der Waals surface area contributed by atoms with Gasteiger partial charge in [0.1, 0.15) is 5.75 Å². The van der Waals surface area contributed by atoms with Crippen LogP contribution >= 0.6 is 0 Å². The third-order valence-electron chi connectivity index (χ3n) is 3.73. The molecule has 0 heterocycles. The van der Waals surface area contributed by atoms with Crippen LogP contribution in [0.1, 0.15) is 42.4 Å². The Hall–Kier alpha value is -1.65. The predicted octanol–water partition coefficient (Wildman–Crippen LogP) is 3.14. The topological polar surface area (TPSA) is 57.5 Å². The van der Waals surface area contributed by atoms with Crippen molar-refractivity contribution in [2.45, 2.75) is 38.0 Å². The molecule has 0 aliphatic heterocycles. The minimum atomic E-state index is -2.81. The van der Waals surface area contributed by atoms with Crippen molar-refractivity contribution in [3.63, 3.8) is 0 Å². The van der Waals surface area contributed by atoms with Gasteiger partial charge in [0.15, 0.2) is 0 Å². The maximum atomic E-state index is 12.8. The molecule has 2 N–H and O–H groups in total. The molecule has 1 aliphatic carbocycles. The molecule has 0 bridgehead atoms. The lowest BCUT2D eigenvalue weighted by Crippen LogP contribution is -2.42. The van der Waals surface area contributed by atoms with Gasteiger partial charge in [-0.05, 0) is 37.0 Å². The van der Waals surface area contributed by atoms with Gasteiger partial charge in [0.2, 0.25) is 0 Å². The van der Waals surface area contributed by atoms with Crippen molar-refractivity contribution in [2.24, 2.45) is 0 Å². The normalized spacial score (nSPS) is 17.6. The van der Waals surface area contributed by atoms with E-state index in [1.807, 2.05) is 0 Å². The summed E-state index contributed by atoms with van der Waals surface area (Å²) in [5.74, 6) is -1.44. The summed E-state index contributed by atoms with van der Waals surface area (Å²) in [6.45, 7) is 1.50. The van der Waals surface area contributed by atoms with E-state index >= 15 is 0 Å². The monoisotopic (exact) mass is 256 g/mol. The molecule has 0 atom stereocenters. The second-order valence-corrected chi connectivity index (χ2v) is 4.77. The maximum absolute atomic E-state index is 12.8. The van der Waals surface area contributed by atoms with Crippen molar-refractivity contribution in [3.8, 4) is 5.75 Å². The molecule has 2 rings (SSSR count). The SMILES string of the molecule is Cc1cc(C2(C(=O)O)CCC2)cc(C(F)F)c1O. The number of benzene rings is 1. The zero-order valence-electron chi connectivity index (χ0n) is 9.91. The fourth-order valence-corrected chi connectivity index (χ4v) is 2.41. The third-order valence-corrected chi connectivity index (χ3v) is 3.73. The summed E-state index contributed by atoms with van der Waals surface area (Å²) >= 11 is 0. The van der Waals surface area contributed by atoms with Gasteiger partial charge in [-0.1, -0.05) is 12.5 Å². The van der Waals surface area contributed by atoms with E-state index < -0.39 is 29.1 Å². The van der Waals surface area contributed by atoms with Crippen LogP contribution in [0.3, 0.4) is 0 Å². The summed E-state index contributed by atoms with van der Waals surface area (Å²) in [7, 11) is 0. The van der Waals surface area contributed by atoms with Crippen molar-refractivity contribution in [1.29, 1.82) is 0 Å². The number of phenolic OH excluding ortho intramolecular Hbond substituents is 1. The van der Waals surface area contributed by atoms with Crippen LogP contribution in [-0.2, 0) is 10.2 Å². The Morgan fingerprint density at radius 1 is 1.39 bits per heavy atom. The Labute approximate surface area is 103 Å². The lowest BCUT2D eigenvalue weighted by atomic mass is 9.64. The number of aryl methyl sites for hydroxylation is 1. The molecule has 3 nitrogen and oxygen atoms in total. The lowest BCUT2D eigenvalue weighted by Gasteiger charge is -2.38. The Bertz CT molecular complexity index is 493. The molecule has 1 aromatic rings. The summed E-state index contributed by atoms with van der Waals surface area (Å²) in [6, 6.07) is 2.62. The van der Waals surface area contributed by atoms with E-state index in [1.54, 1.807) is 0 Å². The average molecular weight is 256 g/mol. The van der Waals surface area contributed by atoms with E-state index in [-0.39, 0.29) is 5.56 Å². The minimum Gasteiger partial charge on any atom is -0.507 e. The van der Waals surface area contributed by atoms with Gasteiger partial charge >= 0.3 is 5.97 Å². The molecule has 0 amide bonds. The predicted molar refractivity (Wildman–Crippen MR) is 61.0 cm³/mol. The van der Waals surface area contributed by atoms with Gasteiger partial charge < -0.3 is 10.2 Å². The first-order valence-corrected chi connectivity index (χ1v) is 5.74. The zero-order valence-corrected chi connectivity index (χ0v) is 9.91. The molecule has 1 aliphatic rings. The highest BCUT2D eigenvalue weighted by atomic mass is 19.3. The highest BCUT2D eigenvalue weighted by Gasteiger charge is 2.46. The number of hydrogen-bond donors (Lipinski definition) is 2. The van der Waals surface area contributed by atoms with Crippen molar-refractivity contribution >= 4 is 5.97 Å². The van der Waals surface area contributed by atoms with Crippen molar-refractivity contribution in [2.75, 3.05) is 0 Å². The van der Waals surface area contributed by atoms with E-state index in [1.165, 1.54) is 13.0 Å². The molecule has 0 aromatic heterocycles. The molecule has 0 radical (unpaired) electrons. The van der Waals surface area contributed by atoms with E-state index in [0.29, 0.717) is 18.4 Å². The zero-order chi connectivity index (χ0) is 13.5. The fraction of sp³-hybridized carbons (Fsp3) is 0.462. The summed E-state index contributed by atoms with van der Waals surface area (Å²) in [5, 5.41) is 18.8. The molecule has 1 saturated carbocycles. The van der Waals surface area contributed by atoms with Gasteiger partial charge in [-0.2, -0.15) is 0 Å². The van der Waals surface area contributed by atoms with Gasteiger partial charge in [-0.25, -0.2) is 8.78 Å². The summed E-state index contributed by atoms with van der Waals surface area (Å²) in [4.78, 5) is 11.3. The second-order valence-electron chi connectivity index (χ2n) is 4.77. The smallest absolute Gasteiger partial charge is 0.314 e. The van der Waals surface area contributed by atoms with Gasteiger partial charge in [-0.15, -0.1) is 0 Å². The van der Waals surface area contributed by atoms with Crippen molar-refractivity contribution in [1.82, 2.24) is 0 Å². The van der Waals surface area contributed by atoms with Crippen LogP contribution in [0.15, 0.2) is 12.1 Å². The first kappa shape index (κ1) is 12.8. The van der Waals surface area contributed by atoms with Gasteiger partial charge in [0.05, 0.1) is 11.0 Å². The Balaban J connectivity index is 2.55. The van der Waals surface area contributed by atoms with Crippen molar-refractivity contribution < 1.29 is 23.8 Å². The molecule has 0 saturated heterocycles. The molecule has 5 heteroatoms. The minimum absolute atomic E-state index is 0.287. The number of hydrogen-bond acceptors (Lipinski definition) is 2. The van der Waals surface area contributed by atoms with Crippen LogP contribution in [0.2, 0.25) is 0 Å².